The highest BCUT2D eigenvalue weighted by atomic mass is 16.5. The fourth-order valence-corrected chi connectivity index (χ4v) is 2.92. The Morgan fingerprint density at radius 1 is 1.14 bits per heavy atom. The van der Waals surface area contributed by atoms with E-state index in [0.717, 1.165) is 12.0 Å². The molecule has 0 aliphatic heterocycles. The molecule has 0 fully saturated rings. The van der Waals surface area contributed by atoms with Crippen LogP contribution in [0.1, 0.15) is 29.4 Å². The molecular formula is C21H22N4O4. The molecule has 0 saturated heterocycles. The first-order valence-corrected chi connectivity index (χ1v) is 9.14. The quantitative estimate of drug-likeness (QED) is 0.491. The Balaban J connectivity index is 1.88. The van der Waals surface area contributed by atoms with Gasteiger partial charge in [0.05, 0.1) is 25.8 Å². The average Bonchev–Trinajstić information content (AvgIpc) is 2.75. The van der Waals surface area contributed by atoms with Gasteiger partial charge in [0.1, 0.15) is 0 Å². The Morgan fingerprint density at radius 3 is 2.55 bits per heavy atom. The molecule has 1 amide bonds. The molecule has 1 N–H and O–H groups in total. The molecule has 0 unspecified atom stereocenters. The van der Waals surface area contributed by atoms with E-state index in [4.69, 9.17) is 9.47 Å². The first-order chi connectivity index (χ1) is 14.1. The van der Waals surface area contributed by atoms with E-state index in [1.165, 1.54) is 10.9 Å². The number of hydrazone groups is 1. The molecular weight excluding hydrogens is 372 g/mol. The van der Waals surface area contributed by atoms with Gasteiger partial charge >= 0.3 is 0 Å². The van der Waals surface area contributed by atoms with Crippen molar-refractivity contribution in [3.63, 3.8) is 0 Å². The summed E-state index contributed by atoms with van der Waals surface area (Å²) in [6.45, 7) is 2.37. The third-order valence-corrected chi connectivity index (χ3v) is 4.31. The number of nitrogens with one attached hydrogen (secondary N) is 1. The summed E-state index contributed by atoms with van der Waals surface area (Å²) < 4.78 is 11.8. The molecule has 8 heteroatoms. The van der Waals surface area contributed by atoms with Crippen molar-refractivity contribution in [1.29, 1.82) is 0 Å². The molecule has 29 heavy (non-hydrogen) atoms. The van der Waals surface area contributed by atoms with Gasteiger partial charge in [0.25, 0.3) is 11.5 Å². The monoisotopic (exact) mass is 394 g/mol. The fraction of sp³-hybridized carbons (Fsp3) is 0.238. The number of ether oxygens (including phenoxy) is 2. The summed E-state index contributed by atoms with van der Waals surface area (Å²) in [5, 5.41) is 9.19. The molecule has 0 bridgehead atoms. The van der Waals surface area contributed by atoms with Crippen LogP contribution in [-0.2, 0) is 6.54 Å². The summed E-state index contributed by atoms with van der Waals surface area (Å²) in [6, 6.07) is 12.2. The van der Waals surface area contributed by atoms with Gasteiger partial charge in [-0.15, -0.1) is 0 Å². The van der Waals surface area contributed by atoms with Gasteiger partial charge in [-0.1, -0.05) is 25.1 Å². The largest absolute Gasteiger partial charge is 0.493 e. The molecule has 0 aliphatic rings. The molecule has 1 heterocycles. The normalized spacial score (nSPS) is 11.0. The fourth-order valence-electron chi connectivity index (χ4n) is 2.92. The highest BCUT2D eigenvalue weighted by Gasteiger charge is 2.16. The van der Waals surface area contributed by atoms with Gasteiger partial charge in [-0.3, -0.25) is 9.59 Å². The Kier molecular flexibility index (Phi) is 6.23. The summed E-state index contributed by atoms with van der Waals surface area (Å²) in [6.07, 6.45) is 2.22. The van der Waals surface area contributed by atoms with E-state index in [2.05, 4.69) is 15.6 Å². The lowest BCUT2D eigenvalue weighted by Crippen LogP contribution is -2.29. The van der Waals surface area contributed by atoms with Crippen LogP contribution >= 0.6 is 0 Å². The predicted octanol–water partition coefficient (Wildman–Crippen LogP) is 2.59. The maximum absolute atomic E-state index is 12.7. The lowest BCUT2D eigenvalue weighted by Gasteiger charge is -2.09. The SMILES string of the molecule is CCCn1nc(C(=O)NN=Cc2ccc(OC)c(OC)c2)c2ccccc2c1=O. The van der Waals surface area contributed by atoms with Crippen LogP contribution in [0, 0.1) is 0 Å². The number of methoxy groups -OCH3 is 2. The average molecular weight is 394 g/mol. The van der Waals surface area contributed by atoms with Crippen molar-refractivity contribution < 1.29 is 14.3 Å². The minimum Gasteiger partial charge on any atom is -0.493 e. The Bertz CT molecular complexity index is 1120. The number of benzene rings is 2. The van der Waals surface area contributed by atoms with E-state index in [0.29, 0.717) is 28.8 Å². The van der Waals surface area contributed by atoms with Crippen molar-refractivity contribution in [2.75, 3.05) is 14.2 Å². The highest BCUT2D eigenvalue weighted by Crippen LogP contribution is 2.26. The van der Waals surface area contributed by atoms with Gasteiger partial charge < -0.3 is 9.47 Å². The number of nitrogens with zero attached hydrogens (tertiary/aromatic N) is 3. The maximum Gasteiger partial charge on any atom is 0.292 e. The number of amides is 1. The number of fused-ring (bicyclic) bond motifs is 1. The van der Waals surface area contributed by atoms with E-state index in [9.17, 15) is 9.59 Å². The van der Waals surface area contributed by atoms with Crippen molar-refractivity contribution in [1.82, 2.24) is 15.2 Å². The van der Waals surface area contributed by atoms with Crippen LogP contribution in [0.5, 0.6) is 11.5 Å². The molecule has 0 atom stereocenters. The van der Waals surface area contributed by atoms with Crippen LogP contribution < -0.4 is 20.5 Å². The van der Waals surface area contributed by atoms with Gasteiger partial charge in [0.2, 0.25) is 0 Å². The lowest BCUT2D eigenvalue weighted by molar-refractivity contribution is 0.0949. The third-order valence-electron chi connectivity index (χ3n) is 4.31. The second-order valence-electron chi connectivity index (χ2n) is 6.24. The Morgan fingerprint density at radius 2 is 1.86 bits per heavy atom. The highest BCUT2D eigenvalue weighted by molar-refractivity contribution is 6.04. The first-order valence-electron chi connectivity index (χ1n) is 9.14. The zero-order chi connectivity index (χ0) is 20.8. The number of carbonyl (C=O) groups excluding carboxylic acids is 1. The molecule has 0 spiro atoms. The Hall–Kier alpha value is -3.68. The number of hydrogen-bond donors (Lipinski definition) is 1. The maximum atomic E-state index is 12.7. The van der Waals surface area contributed by atoms with Gasteiger partial charge in [-0.05, 0) is 36.2 Å². The van der Waals surface area contributed by atoms with E-state index < -0.39 is 5.91 Å². The first kappa shape index (κ1) is 20.1. The molecule has 0 saturated carbocycles. The summed E-state index contributed by atoms with van der Waals surface area (Å²) in [5.41, 5.74) is 3.13. The third kappa shape index (κ3) is 4.26. The Labute approximate surface area is 167 Å². The minimum absolute atomic E-state index is 0.151. The van der Waals surface area contributed by atoms with Crippen molar-refractivity contribution >= 4 is 22.9 Å². The van der Waals surface area contributed by atoms with Crippen molar-refractivity contribution in [2.24, 2.45) is 5.10 Å². The summed E-state index contributed by atoms with van der Waals surface area (Å²) >= 11 is 0. The standard InChI is InChI=1S/C21H22N4O4/c1-4-11-25-21(27)16-8-6-5-7-15(16)19(24-25)20(26)23-22-13-14-9-10-17(28-2)18(12-14)29-3/h5-10,12-13H,4,11H2,1-3H3,(H,23,26). The number of aromatic nitrogens is 2. The minimum atomic E-state index is -0.497. The molecule has 3 rings (SSSR count). The van der Waals surface area contributed by atoms with Crippen molar-refractivity contribution in [3.8, 4) is 11.5 Å². The number of carbonyl (C=O) groups is 1. The molecule has 8 nitrogen and oxygen atoms in total. The van der Waals surface area contributed by atoms with E-state index >= 15 is 0 Å². The van der Waals surface area contributed by atoms with Gasteiger partial charge in [-0.2, -0.15) is 10.2 Å². The van der Waals surface area contributed by atoms with Gasteiger partial charge in [0.15, 0.2) is 17.2 Å². The lowest BCUT2D eigenvalue weighted by atomic mass is 10.1. The number of aryl methyl sites for hydroxylation is 1. The molecule has 150 valence electrons. The molecule has 0 aliphatic carbocycles. The van der Waals surface area contributed by atoms with Crippen molar-refractivity contribution in [2.45, 2.75) is 19.9 Å². The second kappa shape index (κ2) is 9.01. The smallest absolute Gasteiger partial charge is 0.292 e. The summed E-state index contributed by atoms with van der Waals surface area (Å²) in [7, 11) is 3.10. The van der Waals surface area contributed by atoms with E-state index in [1.54, 1.807) is 56.7 Å². The molecule has 1 aromatic heterocycles. The zero-order valence-corrected chi connectivity index (χ0v) is 16.5. The van der Waals surface area contributed by atoms with Crippen LogP contribution in [0.3, 0.4) is 0 Å². The molecule has 3 aromatic rings. The van der Waals surface area contributed by atoms with E-state index in [-0.39, 0.29) is 11.3 Å². The molecule has 2 aromatic carbocycles. The number of rotatable bonds is 7. The molecule has 0 radical (unpaired) electrons. The van der Waals surface area contributed by atoms with Crippen LogP contribution in [-0.4, -0.2) is 36.1 Å². The van der Waals surface area contributed by atoms with Crippen LogP contribution in [0.25, 0.3) is 10.8 Å². The summed E-state index contributed by atoms with van der Waals surface area (Å²) in [4.78, 5) is 25.2. The zero-order valence-electron chi connectivity index (χ0n) is 16.5. The van der Waals surface area contributed by atoms with Crippen molar-refractivity contribution in [3.05, 3.63) is 64.1 Å². The van der Waals surface area contributed by atoms with Crippen LogP contribution in [0.2, 0.25) is 0 Å². The van der Waals surface area contributed by atoms with Gasteiger partial charge in [0, 0.05) is 11.9 Å². The summed E-state index contributed by atoms with van der Waals surface area (Å²) in [5.74, 6) is 0.660. The predicted molar refractivity (Wildman–Crippen MR) is 111 cm³/mol. The second-order valence-corrected chi connectivity index (χ2v) is 6.24. The number of hydrogen-bond acceptors (Lipinski definition) is 6. The van der Waals surface area contributed by atoms with E-state index in [1.807, 2.05) is 6.92 Å². The topological polar surface area (TPSA) is 94.8 Å². The van der Waals surface area contributed by atoms with Gasteiger partial charge in [-0.25, -0.2) is 10.1 Å². The van der Waals surface area contributed by atoms with Crippen LogP contribution in [0.4, 0.5) is 0 Å². The van der Waals surface area contributed by atoms with Crippen LogP contribution in [0.15, 0.2) is 52.4 Å².